The lowest BCUT2D eigenvalue weighted by Gasteiger charge is -2.46. The number of rotatable bonds is 17. The Morgan fingerprint density at radius 2 is 0.871 bits per heavy atom. The molecule has 1 fully saturated rings. The molecular weight excluding hydrogens is 1200 g/mol. The molecule has 0 radical (unpaired) electrons. The largest absolute Gasteiger partial charge is 0.411 e. The van der Waals surface area contributed by atoms with Gasteiger partial charge in [0.05, 0.1) is 18.7 Å². The molecule has 1 heterocycles. The quantitative estimate of drug-likeness (QED) is 0.0938. The molecule has 3 N–H and O–H groups in total. The minimum absolute atomic E-state index is 0.114. The van der Waals surface area contributed by atoms with Crippen molar-refractivity contribution < 1.29 is 57.2 Å². The van der Waals surface area contributed by atoms with E-state index in [0.29, 0.717) is 6.42 Å². The predicted molar refractivity (Wildman–Crippen MR) is 370 cm³/mol. The zero-order chi connectivity index (χ0) is 72.6. The van der Waals surface area contributed by atoms with Gasteiger partial charge < -0.3 is 54.7 Å². The first-order chi connectivity index (χ1) is 42.5. The summed E-state index contributed by atoms with van der Waals surface area (Å²) in [6.07, 6.45) is 3.75. The van der Waals surface area contributed by atoms with Gasteiger partial charge in [-0.2, -0.15) is 0 Å². The maximum atomic E-state index is 15.8. The van der Waals surface area contributed by atoms with Gasteiger partial charge in [-0.25, -0.2) is 0 Å². The van der Waals surface area contributed by atoms with Crippen molar-refractivity contribution in [3.8, 4) is 0 Å². The fraction of sp³-hybridized carbons (Fsp3) is 0.814. The second-order valence-electron chi connectivity index (χ2n) is 31.0. The Morgan fingerprint density at radius 1 is 0.484 bits per heavy atom. The molecule has 0 unspecified atom stereocenters. The highest BCUT2D eigenvalue weighted by atomic mass is 28.4. The Morgan fingerprint density at radius 3 is 1.30 bits per heavy atom. The number of likely N-dealkylation sites (N-methyl/N-ethyl adjacent to an activating group) is 7. The summed E-state index contributed by atoms with van der Waals surface area (Å²) in [6, 6.07) is -10.6. The van der Waals surface area contributed by atoms with E-state index in [9.17, 15) is 33.6 Å². The molecule has 10 amide bonds. The van der Waals surface area contributed by atoms with Crippen molar-refractivity contribution in [2.45, 2.75) is 263 Å². The van der Waals surface area contributed by atoms with Crippen molar-refractivity contribution in [2.24, 2.45) is 53.3 Å². The number of carbonyl (C=O) groups excluding carboxylic acids is 11. The fourth-order valence-electron chi connectivity index (χ4n) is 11.7. The van der Waals surface area contributed by atoms with Crippen molar-refractivity contribution in [1.82, 2.24) is 50.2 Å². The van der Waals surface area contributed by atoms with Gasteiger partial charge in [-0.1, -0.05) is 144 Å². The molecule has 23 heteroatoms. The smallest absolute Gasteiger partial charge is 0.246 e. The number of amides is 10. The van der Waals surface area contributed by atoms with Crippen molar-refractivity contribution in [1.29, 1.82) is 0 Å². The average Bonchev–Trinajstić information content (AvgIpc) is 0.822. The van der Waals surface area contributed by atoms with Gasteiger partial charge in [-0.3, -0.25) is 52.7 Å². The molecule has 534 valence electrons. The Bertz CT molecular complexity index is 2580. The van der Waals surface area contributed by atoms with Crippen molar-refractivity contribution >= 4 is 73.2 Å². The van der Waals surface area contributed by atoms with Crippen LogP contribution in [0.3, 0.4) is 0 Å². The van der Waals surface area contributed by atoms with Crippen molar-refractivity contribution in [3.63, 3.8) is 0 Å². The maximum Gasteiger partial charge on any atom is 0.246 e. The molecule has 22 nitrogen and oxygen atoms in total. The van der Waals surface area contributed by atoms with Gasteiger partial charge >= 0.3 is 0 Å². The summed E-state index contributed by atoms with van der Waals surface area (Å²) in [5.41, 5.74) is 0. The molecule has 93 heavy (non-hydrogen) atoms. The van der Waals surface area contributed by atoms with Crippen LogP contribution in [0.4, 0.5) is 0 Å². The lowest BCUT2D eigenvalue weighted by molar-refractivity contribution is -0.157. The van der Waals surface area contributed by atoms with Gasteiger partial charge in [0.25, 0.3) is 0 Å². The number of hydrogen-bond acceptors (Lipinski definition) is 12. The summed E-state index contributed by atoms with van der Waals surface area (Å²) in [5, 5.41) is 8.34. The number of nitrogens with zero attached hydrogens (tertiary/aromatic N) is 7. The summed E-state index contributed by atoms with van der Waals surface area (Å²) in [5.74, 6) is -10.0. The van der Waals surface area contributed by atoms with E-state index in [0.717, 1.165) is 0 Å². The highest BCUT2D eigenvalue weighted by molar-refractivity contribution is 6.74. The third-order valence-corrected chi connectivity index (χ3v) is 23.2. The van der Waals surface area contributed by atoms with Crippen molar-refractivity contribution in [3.05, 3.63) is 12.2 Å². The van der Waals surface area contributed by atoms with Crippen LogP contribution in [0.25, 0.3) is 0 Å². The van der Waals surface area contributed by atoms with Crippen LogP contribution in [0.1, 0.15) is 184 Å². The lowest BCUT2D eigenvalue weighted by atomic mass is 9.91. The minimum atomic E-state index is -2.81. The van der Waals surface area contributed by atoms with E-state index in [1.807, 2.05) is 81.4 Å². The van der Waals surface area contributed by atoms with Crippen LogP contribution in [0, 0.1) is 53.3 Å². The molecule has 1 aliphatic heterocycles. The van der Waals surface area contributed by atoms with Gasteiger partial charge in [0.1, 0.15) is 48.3 Å². The second-order valence-corrected chi connectivity index (χ2v) is 35.8. The molecular formula is C70H128N10O12Si. The van der Waals surface area contributed by atoms with Gasteiger partial charge in [0.15, 0.2) is 14.1 Å². The van der Waals surface area contributed by atoms with Crippen LogP contribution in [0.15, 0.2) is 12.2 Å². The SMILES string of the molecule is C/C=C/C[C@@H](C)[C@@H](O[Si](C)(C)C(C)(C)C)[C@@H]1C(=O)N[C@H](C(C)C)C(=O)N(C)CC(=O)N(C)[C@@H](CC(C)C)C(=O)N[C@H](C(C)C)C(=O)N(C)[C@H](CC(C)C)C(=O)N[C@H](C)C(=O)C[C@@H](C)C(=O)N(C)[C@H](CC(C)C)C(=O)N(C)[C@H](CC(C)C)C(=O)N(C)[C@H](C(C)C)C(=O)N1C. The molecule has 0 spiro atoms. The van der Waals surface area contributed by atoms with Gasteiger partial charge in [-0.15, -0.1) is 0 Å². The van der Waals surface area contributed by atoms with E-state index in [1.165, 1.54) is 90.6 Å². The Kier molecular flexibility index (Phi) is 33.9. The molecule has 0 aromatic carbocycles. The number of Topliss-reactive ketones (excluding diaryl/α,β-unsaturated/α-hetero) is 1. The Hall–Kier alpha value is -5.71. The zero-order valence-corrected chi connectivity index (χ0v) is 64.1. The Balaban J connectivity index is 4.61. The molecule has 0 aliphatic carbocycles. The number of ketones is 1. The third kappa shape index (κ3) is 23.9. The Labute approximate surface area is 562 Å². The number of nitrogens with one attached hydrogen (secondary N) is 3. The van der Waals surface area contributed by atoms with Crippen LogP contribution in [0.2, 0.25) is 18.1 Å². The van der Waals surface area contributed by atoms with E-state index in [2.05, 4.69) is 49.8 Å². The standard InChI is InChI=1S/C70H128N10O12Si/c1-31-32-33-47(16)60(92-93(29,30)70(19,20)21)59-63(85)73-56(44(10)11)67(89)74(22)39-55(82)75(23)50(34-40(2)3)62(84)72-57(45(12)13)68(90)76(24)51(35-41(4)5)61(83)71-49(18)54(81)38-48(17)64(86)77(25)52(36-42(6)7)65(87)78(26)53(37-43(8)9)66(88)79(27)58(46(14)15)69(91)80(59)28/h31-32,40-53,56-60H,33-39H2,1-30H3,(H,71,83)(H,72,84)(H,73,85)/b32-31+/t47-,48-,49-,50+,51-,52-,53-,56-,57-,58-,59-,60-/m1/s1. The van der Waals surface area contributed by atoms with Gasteiger partial charge in [0, 0.05) is 61.7 Å². The topological polar surface area (TPSA) is 256 Å². The molecule has 1 rings (SSSR count). The summed E-state index contributed by atoms with van der Waals surface area (Å²) < 4.78 is 7.29. The minimum Gasteiger partial charge on any atom is -0.411 e. The lowest BCUT2D eigenvalue weighted by Crippen LogP contribution is -2.65. The van der Waals surface area contributed by atoms with Crippen LogP contribution < -0.4 is 16.0 Å². The highest BCUT2D eigenvalue weighted by Gasteiger charge is 2.49. The summed E-state index contributed by atoms with van der Waals surface area (Å²) in [6.45, 7) is 42.5. The number of hydrogen-bond donors (Lipinski definition) is 3. The van der Waals surface area contributed by atoms with Crippen molar-refractivity contribution in [2.75, 3.05) is 55.9 Å². The third-order valence-electron chi connectivity index (χ3n) is 18.8. The van der Waals surface area contributed by atoms with Crippen LogP contribution >= 0.6 is 0 Å². The molecule has 12 atom stereocenters. The van der Waals surface area contributed by atoms with Gasteiger partial charge in [-0.05, 0) is 111 Å². The number of allylic oxidation sites excluding steroid dienone is 2. The van der Waals surface area contributed by atoms with E-state index in [1.54, 1.807) is 48.5 Å². The fourth-order valence-corrected chi connectivity index (χ4v) is 13.1. The first-order valence-corrected chi connectivity index (χ1v) is 37.0. The van der Waals surface area contributed by atoms with E-state index in [4.69, 9.17) is 4.43 Å². The van der Waals surface area contributed by atoms with Crippen LogP contribution in [0.5, 0.6) is 0 Å². The van der Waals surface area contributed by atoms with Gasteiger partial charge in [0.2, 0.25) is 59.1 Å². The van der Waals surface area contributed by atoms with Crippen LogP contribution in [-0.2, 0) is 57.2 Å². The first kappa shape index (κ1) is 85.3. The molecule has 0 aromatic heterocycles. The average molecular weight is 1330 g/mol. The van der Waals surface area contributed by atoms with E-state index in [-0.39, 0.29) is 60.8 Å². The number of carbonyl (C=O) groups is 11. The monoisotopic (exact) mass is 1330 g/mol. The van der Waals surface area contributed by atoms with E-state index < -0.39 is 170 Å². The zero-order valence-electron chi connectivity index (χ0n) is 63.1. The molecule has 1 aliphatic rings. The molecule has 0 aromatic rings. The predicted octanol–water partition coefficient (Wildman–Crippen LogP) is 7.64. The normalized spacial score (nSPS) is 26.2. The summed E-state index contributed by atoms with van der Waals surface area (Å²) in [4.78, 5) is 173. The second kappa shape index (κ2) is 37.0. The summed E-state index contributed by atoms with van der Waals surface area (Å²) >= 11 is 0. The van der Waals surface area contributed by atoms with Crippen LogP contribution in [-0.4, -0.2) is 224 Å². The molecule has 1 saturated heterocycles. The maximum absolute atomic E-state index is 15.8. The highest BCUT2D eigenvalue weighted by Crippen LogP contribution is 2.40. The molecule has 0 saturated carbocycles. The van der Waals surface area contributed by atoms with E-state index >= 15 is 19.2 Å². The first-order valence-electron chi connectivity index (χ1n) is 34.1. The molecule has 0 bridgehead atoms. The summed E-state index contributed by atoms with van der Waals surface area (Å²) in [7, 11) is 7.57.